The molecule has 2 N–H and O–H groups in total. The molecule has 5 heteroatoms. The van der Waals surface area contributed by atoms with E-state index >= 15 is 0 Å². The lowest BCUT2D eigenvalue weighted by molar-refractivity contribution is -0.127. The summed E-state index contributed by atoms with van der Waals surface area (Å²) in [7, 11) is 0. The van der Waals surface area contributed by atoms with Gasteiger partial charge in [-0.2, -0.15) is 0 Å². The van der Waals surface area contributed by atoms with Crippen LogP contribution in [0.5, 0.6) is 0 Å². The number of carbonyl (C=O) groups excluding carboxylic acids is 1. The Morgan fingerprint density at radius 3 is 2.82 bits per heavy atom. The number of aromatic nitrogens is 1. The van der Waals surface area contributed by atoms with Crippen molar-refractivity contribution in [2.24, 2.45) is 0 Å². The number of pyridine rings is 1. The average molecular weight is 251 g/mol. The van der Waals surface area contributed by atoms with Crippen LogP contribution in [0.25, 0.3) is 0 Å². The molecule has 1 fully saturated rings. The van der Waals surface area contributed by atoms with E-state index in [1.54, 1.807) is 24.0 Å². The van der Waals surface area contributed by atoms with Crippen LogP contribution in [0.4, 0.5) is 5.82 Å². The molecule has 92 valence electrons. The van der Waals surface area contributed by atoms with Crippen LogP contribution < -0.4 is 5.73 Å². The maximum absolute atomic E-state index is 11.8. The van der Waals surface area contributed by atoms with Crippen LogP contribution in [-0.2, 0) is 10.5 Å². The first kappa shape index (κ1) is 12.2. The molecule has 0 spiro atoms. The molecule has 0 saturated carbocycles. The van der Waals surface area contributed by atoms with Gasteiger partial charge in [0.15, 0.2) is 0 Å². The highest BCUT2D eigenvalue weighted by molar-refractivity contribution is 7.99. The zero-order chi connectivity index (χ0) is 12.1. The number of carbonyl (C=O) groups is 1. The van der Waals surface area contributed by atoms with Crippen molar-refractivity contribution in [2.45, 2.75) is 18.6 Å². The Bertz CT molecular complexity index is 374. The van der Waals surface area contributed by atoms with E-state index in [0.717, 1.165) is 37.2 Å². The van der Waals surface area contributed by atoms with E-state index in [0.29, 0.717) is 11.6 Å². The van der Waals surface area contributed by atoms with E-state index in [9.17, 15) is 4.79 Å². The standard InChI is InChI=1S/C12H17N3OS/c13-11-4-3-10(7-14-11)8-17-9-12(16)15-5-1-2-6-15/h3-4,7H,1-2,5-6,8-9H2,(H2,13,14). The average Bonchev–Trinajstić information content (AvgIpc) is 2.85. The zero-order valence-corrected chi connectivity index (χ0v) is 10.6. The van der Waals surface area contributed by atoms with Gasteiger partial charge in [-0.1, -0.05) is 6.07 Å². The third kappa shape index (κ3) is 3.63. The normalized spacial score (nSPS) is 15.2. The summed E-state index contributed by atoms with van der Waals surface area (Å²) in [6.45, 7) is 1.87. The second-order valence-electron chi connectivity index (χ2n) is 4.17. The first-order chi connectivity index (χ1) is 8.25. The minimum atomic E-state index is 0.260. The van der Waals surface area contributed by atoms with E-state index in [1.165, 1.54) is 0 Å². The maximum atomic E-state index is 11.8. The molecule has 0 aromatic carbocycles. The molecule has 2 heterocycles. The number of nitrogens with zero attached hydrogens (tertiary/aromatic N) is 2. The molecular weight excluding hydrogens is 234 g/mol. The molecule has 1 aromatic heterocycles. The Morgan fingerprint density at radius 2 is 2.18 bits per heavy atom. The molecule has 1 aromatic rings. The maximum Gasteiger partial charge on any atom is 0.232 e. The van der Waals surface area contributed by atoms with Gasteiger partial charge in [0.1, 0.15) is 5.82 Å². The predicted molar refractivity (Wildman–Crippen MR) is 70.6 cm³/mol. The molecule has 1 aliphatic heterocycles. The summed E-state index contributed by atoms with van der Waals surface area (Å²) in [5, 5.41) is 0. The topological polar surface area (TPSA) is 59.2 Å². The molecule has 0 aliphatic carbocycles. The zero-order valence-electron chi connectivity index (χ0n) is 9.76. The lowest BCUT2D eigenvalue weighted by Crippen LogP contribution is -2.29. The Labute approximate surface area is 106 Å². The van der Waals surface area contributed by atoms with Crippen LogP contribution in [0.15, 0.2) is 18.3 Å². The highest BCUT2D eigenvalue weighted by atomic mass is 32.2. The van der Waals surface area contributed by atoms with Crippen LogP contribution in [0.3, 0.4) is 0 Å². The summed E-state index contributed by atoms with van der Waals surface area (Å²) in [6, 6.07) is 3.74. The van der Waals surface area contributed by atoms with Gasteiger partial charge in [0.2, 0.25) is 5.91 Å². The molecule has 4 nitrogen and oxygen atoms in total. The van der Waals surface area contributed by atoms with Crippen molar-refractivity contribution in [1.82, 2.24) is 9.88 Å². The number of nitrogens with two attached hydrogens (primary N) is 1. The number of nitrogen functional groups attached to an aromatic ring is 1. The van der Waals surface area contributed by atoms with Crippen molar-refractivity contribution in [3.63, 3.8) is 0 Å². The van der Waals surface area contributed by atoms with Crippen molar-refractivity contribution in [2.75, 3.05) is 24.6 Å². The molecule has 0 bridgehead atoms. The summed E-state index contributed by atoms with van der Waals surface area (Å²) in [5.74, 6) is 2.17. The number of amides is 1. The summed E-state index contributed by atoms with van der Waals surface area (Å²) in [6.07, 6.45) is 4.07. The number of hydrogen-bond acceptors (Lipinski definition) is 4. The van der Waals surface area contributed by atoms with Crippen molar-refractivity contribution in [3.8, 4) is 0 Å². The highest BCUT2D eigenvalue weighted by Crippen LogP contribution is 2.15. The van der Waals surface area contributed by atoms with E-state index in [1.807, 2.05) is 11.0 Å². The minimum absolute atomic E-state index is 0.260. The molecule has 0 radical (unpaired) electrons. The lowest BCUT2D eigenvalue weighted by Gasteiger charge is -2.14. The van der Waals surface area contributed by atoms with E-state index in [2.05, 4.69) is 4.98 Å². The number of rotatable bonds is 4. The number of likely N-dealkylation sites (tertiary alicyclic amines) is 1. The smallest absolute Gasteiger partial charge is 0.232 e. The molecule has 0 atom stereocenters. The van der Waals surface area contributed by atoms with Gasteiger partial charge >= 0.3 is 0 Å². The molecule has 1 aliphatic rings. The monoisotopic (exact) mass is 251 g/mol. The number of hydrogen-bond donors (Lipinski definition) is 1. The number of thioether (sulfide) groups is 1. The third-order valence-electron chi connectivity index (χ3n) is 2.80. The quantitative estimate of drug-likeness (QED) is 0.881. The van der Waals surface area contributed by atoms with Crippen molar-refractivity contribution >= 4 is 23.5 Å². The summed E-state index contributed by atoms with van der Waals surface area (Å²) < 4.78 is 0. The third-order valence-corrected chi connectivity index (χ3v) is 3.79. The first-order valence-corrected chi connectivity index (χ1v) is 6.97. The molecule has 0 unspecified atom stereocenters. The summed E-state index contributed by atoms with van der Waals surface area (Å²) in [4.78, 5) is 17.7. The Kier molecular flexibility index (Phi) is 4.25. The molecule has 17 heavy (non-hydrogen) atoms. The molecule has 1 amide bonds. The Hall–Kier alpha value is -1.23. The van der Waals surface area contributed by atoms with Crippen molar-refractivity contribution in [3.05, 3.63) is 23.9 Å². The first-order valence-electron chi connectivity index (χ1n) is 5.81. The van der Waals surface area contributed by atoms with Crippen LogP contribution in [0, 0.1) is 0 Å². The highest BCUT2D eigenvalue weighted by Gasteiger charge is 2.17. The van der Waals surface area contributed by atoms with Crippen LogP contribution in [-0.4, -0.2) is 34.6 Å². The second-order valence-corrected chi connectivity index (χ2v) is 5.16. The van der Waals surface area contributed by atoms with Gasteiger partial charge in [0.05, 0.1) is 5.75 Å². The van der Waals surface area contributed by atoms with Gasteiger partial charge < -0.3 is 10.6 Å². The van der Waals surface area contributed by atoms with Gasteiger partial charge in [-0.05, 0) is 24.5 Å². The van der Waals surface area contributed by atoms with Crippen molar-refractivity contribution in [1.29, 1.82) is 0 Å². The Balaban J connectivity index is 1.72. The van der Waals surface area contributed by atoms with Crippen LogP contribution >= 0.6 is 11.8 Å². The predicted octanol–water partition coefficient (Wildman–Crippen LogP) is 1.52. The fourth-order valence-electron chi connectivity index (χ4n) is 1.84. The largest absolute Gasteiger partial charge is 0.384 e. The Morgan fingerprint density at radius 1 is 1.41 bits per heavy atom. The SMILES string of the molecule is Nc1ccc(CSCC(=O)N2CCCC2)cn1. The van der Waals surface area contributed by atoms with Crippen molar-refractivity contribution < 1.29 is 4.79 Å². The van der Waals surface area contributed by atoms with Gasteiger partial charge in [-0.3, -0.25) is 4.79 Å². The van der Waals surface area contributed by atoms with Gasteiger partial charge in [-0.25, -0.2) is 4.98 Å². The fraction of sp³-hybridized carbons (Fsp3) is 0.500. The van der Waals surface area contributed by atoms with E-state index in [-0.39, 0.29) is 5.91 Å². The van der Waals surface area contributed by atoms with Crippen LogP contribution in [0.2, 0.25) is 0 Å². The van der Waals surface area contributed by atoms with Gasteiger partial charge in [0.25, 0.3) is 0 Å². The molecule has 1 saturated heterocycles. The molecular formula is C12H17N3OS. The second kappa shape index (κ2) is 5.91. The fourth-order valence-corrected chi connectivity index (χ4v) is 2.70. The summed E-state index contributed by atoms with van der Waals surface area (Å²) in [5.41, 5.74) is 6.62. The number of anilines is 1. The van der Waals surface area contributed by atoms with Gasteiger partial charge in [-0.15, -0.1) is 11.8 Å². The van der Waals surface area contributed by atoms with E-state index in [4.69, 9.17) is 5.73 Å². The molecule has 2 rings (SSSR count). The van der Waals surface area contributed by atoms with Crippen LogP contribution in [0.1, 0.15) is 18.4 Å². The van der Waals surface area contributed by atoms with Gasteiger partial charge in [0, 0.05) is 25.0 Å². The summed E-state index contributed by atoms with van der Waals surface area (Å²) >= 11 is 1.64. The van der Waals surface area contributed by atoms with E-state index < -0.39 is 0 Å². The minimum Gasteiger partial charge on any atom is -0.384 e. The lowest BCUT2D eigenvalue weighted by atomic mass is 10.3.